The van der Waals surface area contributed by atoms with Gasteiger partial charge in [-0.1, -0.05) is 17.7 Å². The van der Waals surface area contributed by atoms with Crippen LogP contribution in [0.15, 0.2) is 35.6 Å². The maximum absolute atomic E-state index is 15.1. The lowest BCUT2D eigenvalue weighted by Crippen LogP contribution is -2.42. The predicted octanol–water partition coefficient (Wildman–Crippen LogP) is 4.39. The average Bonchev–Trinajstić information content (AvgIpc) is 3.10. The first-order valence-corrected chi connectivity index (χ1v) is 10.3. The molecule has 34 heavy (non-hydrogen) atoms. The van der Waals surface area contributed by atoms with Crippen LogP contribution in [0.2, 0.25) is 5.02 Å². The molecule has 0 spiro atoms. The third-order valence-corrected chi connectivity index (χ3v) is 5.23. The highest BCUT2D eigenvalue weighted by molar-refractivity contribution is 6.32. The summed E-state index contributed by atoms with van der Waals surface area (Å²) in [5, 5.41) is 24.8. The van der Waals surface area contributed by atoms with Crippen LogP contribution < -0.4 is 9.75 Å². The quantitative estimate of drug-likeness (QED) is 0.542. The standard InChI is InChI=1S/C21H20ClF5N4O3/c1-3-30-18(10-32)29-31(20(30)33)12-7-17(34-11(2)21(25,26)27)19(28-9-12)16(24)8-13-14(22)5-4-6-15(13)23/h4-9,11,20,32-33H,3,10H2,1-2H3/b16-8-/t11-,20?/m0/s1. The van der Waals surface area contributed by atoms with Crippen LogP contribution in [0, 0.1) is 5.82 Å². The number of likely N-dealkylation sites (N-methyl/N-ethyl adjacent to an activating group) is 1. The average molecular weight is 507 g/mol. The van der Waals surface area contributed by atoms with Crippen molar-refractivity contribution in [2.45, 2.75) is 32.5 Å². The minimum absolute atomic E-state index is 0.0424. The van der Waals surface area contributed by atoms with Gasteiger partial charge in [-0.05, 0) is 32.1 Å². The van der Waals surface area contributed by atoms with Crippen molar-refractivity contribution in [3.05, 3.63) is 52.6 Å². The molecule has 1 aliphatic heterocycles. The molecule has 2 aromatic rings. The molecule has 2 atom stereocenters. The summed E-state index contributed by atoms with van der Waals surface area (Å²) in [4.78, 5) is 5.17. The number of halogens is 6. The van der Waals surface area contributed by atoms with E-state index in [0.717, 1.165) is 30.3 Å². The predicted molar refractivity (Wildman–Crippen MR) is 116 cm³/mol. The van der Waals surface area contributed by atoms with E-state index >= 15 is 4.39 Å². The van der Waals surface area contributed by atoms with Gasteiger partial charge in [0, 0.05) is 18.2 Å². The number of benzene rings is 1. The fraction of sp³-hybridized carbons (Fsp3) is 0.333. The highest BCUT2D eigenvalue weighted by Crippen LogP contribution is 2.36. The Kier molecular flexibility index (Phi) is 7.64. The maximum atomic E-state index is 15.1. The number of hydrazone groups is 1. The molecule has 0 amide bonds. The molecule has 0 saturated carbocycles. The summed E-state index contributed by atoms with van der Waals surface area (Å²) in [7, 11) is 0. The molecule has 1 aliphatic rings. The fourth-order valence-corrected chi connectivity index (χ4v) is 3.31. The van der Waals surface area contributed by atoms with Crippen LogP contribution in [0.5, 0.6) is 5.75 Å². The number of ether oxygens (including phenoxy) is 1. The third kappa shape index (κ3) is 5.24. The Balaban J connectivity index is 2.08. The van der Waals surface area contributed by atoms with Crippen molar-refractivity contribution in [3.63, 3.8) is 0 Å². The molecule has 1 aromatic carbocycles. The molecule has 3 rings (SSSR count). The summed E-state index contributed by atoms with van der Waals surface area (Å²) < 4.78 is 73.6. The molecular weight excluding hydrogens is 487 g/mol. The van der Waals surface area contributed by atoms with Crippen LogP contribution in [0.1, 0.15) is 25.1 Å². The van der Waals surface area contributed by atoms with Gasteiger partial charge in [0.1, 0.15) is 18.1 Å². The van der Waals surface area contributed by atoms with Crippen LogP contribution in [0.3, 0.4) is 0 Å². The Morgan fingerprint density at radius 3 is 2.62 bits per heavy atom. The zero-order valence-electron chi connectivity index (χ0n) is 17.9. The summed E-state index contributed by atoms with van der Waals surface area (Å²) in [6.07, 6.45) is -6.80. The molecule has 0 saturated heterocycles. The second kappa shape index (κ2) is 10.1. The van der Waals surface area contributed by atoms with E-state index in [1.807, 2.05) is 0 Å². The van der Waals surface area contributed by atoms with E-state index in [1.54, 1.807) is 6.92 Å². The Hall–Kier alpha value is -2.96. The number of nitrogens with zero attached hydrogens (tertiary/aromatic N) is 4. The molecule has 2 heterocycles. The van der Waals surface area contributed by atoms with Gasteiger partial charge in [0.15, 0.2) is 23.5 Å². The van der Waals surface area contributed by atoms with Crippen LogP contribution in [0.4, 0.5) is 27.6 Å². The lowest BCUT2D eigenvalue weighted by atomic mass is 10.1. The number of amidine groups is 1. The van der Waals surface area contributed by atoms with Crippen molar-refractivity contribution in [1.82, 2.24) is 9.88 Å². The molecule has 0 bridgehead atoms. The first-order chi connectivity index (χ1) is 16.0. The van der Waals surface area contributed by atoms with Gasteiger partial charge >= 0.3 is 6.18 Å². The minimum atomic E-state index is -4.78. The lowest BCUT2D eigenvalue weighted by molar-refractivity contribution is -0.189. The topological polar surface area (TPSA) is 81.4 Å². The number of rotatable bonds is 7. The highest BCUT2D eigenvalue weighted by Gasteiger charge is 2.39. The van der Waals surface area contributed by atoms with E-state index < -0.39 is 48.3 Å². The van der Waals surface area contributed by atoms with Crippen LogP contribution in [-0.2, 0) is 0 Å². The van der Waals surface area contributed by atoms with Crippen molar-refractivity contribution in [2.24, 2.45) is 5.10 Å². The summed E-state index contributed by atoms with van der Waals surface area (Å²) >= 11 is 5.90. The monoisotopic (exact) mass is 506 g/mol. The van der Waals surface area contributed by atoms with Gasteiger partial charge < -0.3 is 19.8 Å². The second-order valence-electron chi connectivity index (χ2n) is 7.12. The van der Waals surface area contributed by atoms with Gasteiger partial charge in [0.25, 0.3) is 0 Å². The minimum Gasteiger partial charge on any atom is -0.479 e. The third-order valence-electron chi connectivity index (χ3n) is 4.90. The first-order valence-electron chi connectivity index (χ1n) is 9.95. The van der Waals surface area contributed by atoms with Gasteiger partial charge in [0.05, 0.1) is 16.9 Å². The smallest absolute Gasteiger partial charge is 0.425 e. The van der Waals surface area contributed by atoms with Gasteiger partial charge in [-0.3, -0.25) is 0 Å². The second-order valence-corrected chi connectivity index (χ2v) is 7.53. The molecule has 0 fully saturated rings. The van der Waals surface area contributed by atoms with E-state index in [1.165, 1.54) is 17.0 Å². The van der Waals surface area contributed by atoms with Gasteiger partial charge in [0.2, 0.25) is 6.35 Å². The summed E-state index contributed by atoms with van der Waals surface area (Å²) in [6.45, 7) is 2.16. The zero-order valence-corrected chi connectivity index (χ0v) is 18.6. The Morgan fingerprint density at radius 2 is 2.06 bits per heavy atom. The van der Waals surface area contributed by atoms with Crippen LogP contribution >= 0.6 is 11.6 Å². The normalized spacial score (nSPS) is 17.8. The van der Waals surface area contributed by atoms with Crippen LogP contribution in [0.25, 0.3) is 11.9 Å². The molecular formula is C21H20ClF5N4O3. The van der Waals surface area contributed by atoms with Crippen molar-refractivity contribution in [3.8, 4) is 5.75 Å². The number of aliphatic hydroxyl groups is 2. The molecule has 13 heteroatoms. The number of hydrogen-bond acceptors (Lipinski definition) is 7. The number of anilines is 1. The van der Waals surface area contributed by atoms with E-state index in [9.17, 15) is 27.8 Å². The van der Waals surface area contributed by atoms with E-state index in [2.05, 4.69) is 10.1 Å². The summed E-state index contributed by atoms with van der Waals surface area (Å²) in [6, 6.07) is 4.66. The van der Waals surface area contributed by atoms with Gasteiger partial charge in [-0.2, -0.15) is 18.3 Å². The van der Waals surface area contributed by atoms with Gasteiger partial charge in [-0.25, -0.2) is 18.8 Å². The van der Waals surface area contributed by atoms with Crippen molar-refractivity contribution < 1.29 is 36.9 Å². The van der Waals surface area contributed by atoms with E-state index in [-0.39, 0.29) is 28.7 Å². The summed E-state index contributed by atoms with van der Waals surface area (Å²) in [5.74, 6) is -2.59. The fourth-order valence-electron chi connectivity index (χ4n) is 3.09. The number of aromatic nitrogens is 1. The Labute approximate surface area is 196 Å². The largest absolute Gasteiger partial charge is 0.479 e. The molecule has 1 unspecified atom stereocenters. The number of alkyl halides is 3. The van der Waals surface area contributed by atoms with Crippen LogP contribution in [-0.4, -0.2) is 57.7 Å². The van der Waals surface area contributed by atoms with Gasteiger partial charge in [-0.15, -0.1) is 0 Å². The molecule has 7 nitrogen and oxygen atoms in total. The summed E-state index contributed by atoms with van der Waals surface area (Å²) in [5.41, 5.74) is -1.01. The number of hydrogen-bond donors (Lipinski definition) is 2. The maximum Gasteiger partial charge on any atom is 0.425 e. The number of pyridine rings is 1. The van der Waals surface area contributed by atoms with E-state index in [0.29, 0.717) is 6.08 Å². The number of aliphatic hydroxyl groups excluding tert-OH is 2. The molecule has 2 N–H and O–H groups in total. The SMILES string of the molecule is CCN1C(CO)=NN(c2cnc(/C(F)=C/c3c(F)cccc3Cl)c(O[C@@H](C)C(F)(F)F)c2)C1O. The van der Waals surface area contributed by atoms with E-state index in [4.69, 9.17) is 16.3 Å². The molecule has 184 valence electrons. The first kappa shape index (κ1) is 25.7. The Morgan fingerprint density at radius 1 is 1.35 bits per heavy atom. The van der Waals surface area contributed by atoms with Crippen molar-refractivity contribution >= 4 is 35.0 Å². The van der Waals surface area contributed by atoms with Crippen molar-refractivity contribution in [2.75, 3.05) is 18.2 Å². The molecule has 1 aromatic heterocycles. The lowest BCUT2D eigenvalue weighted by Gasteiger charge is -2.26. The highest BCUT2D eigenvalue weighted by atomic mass is 35.5. The zero-order chi connectivity index (χ0) is 25.2. The van der Waals surface area contributed by atoms with Crippen molar-refractivity contribution in [1.29, 1.82) is 0 Å². The molecule has 0 aliphatic carbocycles. The Bertz CT molecular complexity index is 1090. The molecule has 0 radical (unpaired) electrons.